The molecule has 3 nitrogen and oxygen atoms in total. The highest BCUT2D eigenvalue weighted by atomic mass is 32.2. The second-order valence-corrected chi connectivity index (χ2v) is 5.30. The molecule has 0 unspecified atom stereocenters. The topological polar surface area (TPSA) is 47.0 Å². The Kier molecular flexibility index (Phi) is 2.77. The summed E-state index contributed by atoms with van der Waals surface area (Å²) in [4.78, 5) is 2.45. The third kappa shape index (κ3) is 1.82. The molecule has 0 aliphatic rings. The molecule has 0 bridgehead atoms. The summed E-state index contributed by atoms with van der Waals surface area (Å²) in [5, 5.41) is -0.275. The average Bonchev–Trinajstić information content (AvgIpc) is 2.28. The van der Waals surface area contributed by atoms with Crippen LogP contribution in [0.3, 0.4) is 0 Å². The van der Waals surface area contributed by atoms with E-state index >= 15 is 0 Å². The zero-order valence-corrected chi connectivity index (χ0v) is 9.39. The van der Waals surface area contributed by atoms with Crippen molar-refractivity contribution in [2.75, 3.05) is 0 Å². The number of benzene rings is 1. The second kappa shape index (κ2) is 3.91. The van der Waals surface area contributed by atoms with Crippen LogP contribution in [0.5, 0.6) is 0 Å². The summed E-state index contributed by atoms with van der Waals surface area (Å²) < 4.78 is 73.2. The Morgan fingerprint density at radius 1 is 1.11 bits per heavy atom. The van der Waals surface area contributed by atoms with E-state index in [1.807, 2.05) is 0 Å². The number of rotatable bonds is 1. The number of nitrogens with zero attached hydrogens (tertiary/aromatic N) is 1. The minimum Gasteiger partial charge on any atom is -0.255 e. The van der Waals surface area contributed by atoms with Gasteiger partial charge in [0.25, 0.3) is 9.84 Å². The lowest BCUT2D eigenvalue weighted by Crippen LogP contribution is -2.23. The summed E-state index contributed by atoms with van der Waals surface area (Å²) in [6.07, 6.45) is 1.09. The Bertz CT molecular complexity index is 709. The second-order valence-electron chi connectivity index (χ2n) is 3.39. The normalized spacial score (nSPS) is 12.9. The van der Waals surface area contributed by atoms with Gasteiger partial charge < -0.3 is 0 Å². The van der Waals surface area contributed by atoms with Gasteiger partial charge in [0.15, 0.2) is 0 Å². The van der Waals surface area contributed by atoms with Gasteiger partial charge in [-0.2, -0.15) is 13.2 Å². The van der Waals surface area contributed by atoms with Gasteiger partial charge in [0.05, 0.1) is 5.52 Å². The van der Waals surface area contributed by atoms with E-state index in [9.17, 15) is 26.0 Å². The molecule has 8 heteroatoms. The van der Waals surface area contributed by atoms with Crippen LogP contribution in [0.15, 0.2) is 35.4 Å². The molecule has 96 valence electrons. The van der Waals surface area contributed by atoms with Crippen LogP contribution in [0, 0.1) is 5.82 Å². The number of aromatic nitrogens is 1. The lowest BCUT2D eigenvalue weighted by atomic mass is 10.2. The maximum absolute atomic E-state index is 13.3. The Hall–Kier alpha value is -1.70. The van der Waals surface area contributed by atoms with Crippen molar-refractivity contribution in [1.82, 2.24) is 4.98 Å². The highest BCUT2D eigenvalue weighted by Gasteiger charge is 2.48. The monoisotopic (exact) mass is 279 g/mol. The van der Waals surface area contributed by atoms with Gasteiger partial charge in [-0.15, -0.1) is 0 Å². The highest BCUT2D eigenvalue weighted by molar-refractivity contribution is 7.92. The fourth-order valence-electron chi connectivity index (χ4n) is 1.45. The van der Waals surface area contributed by atoms with Crippen LogP contribution in [0.4, 0.5) is 17.6 Å². The summed E-state index contributed by atoms with van der Waals surface area (Å²) in [7, 11) is -5.55. The lowest BCUT2D eigenvalue weighted by molar-refractivity contribution is -0.0435. The SMILES string of the molecule is O=S(=O)(c1ccc(F)c2cccnc12)C(F)(F)F. The first-order valence-corrected chi connectivity index (χ1v) is 6.08. The van der Waals surface area contributed by atoms with Crippen molar-refractivity contribution < 1.29 is 26.0 Å². The summed E-state index contributed by atoms with van der Waals surface area (Å²) in [5.41, 5.74) is -5.98. The first-order chi connectivity index (χ1) is 8.25. The molecule has 0 saturated carbocycles. The molecule has 0 aliphatic carbocycles. The number of alkyl halides is 3. The number of fused-ring (bicyclic) bond motifs is 1. The molecule has 2 rings (SSSR count). The van der Waals surface area contributed by atoms with Crippen LogP contribution >= 0.6 is 0 Å². The Morgan fingerprint density at radius 2 is 1.78 bits per heavy atom. The van der Waals surface area contributed by atoms with E-state index in [0.29, 0.717) is 12.1 Å². The molecule has 0 saturated heterocycles. The lowest BCUT2D eigenvalue weighted by Gasteiger charge is -2.10. The Balaban J connectivity index is 2.87. The summed E-state index contributed by atoms with van der Waals surface area (Å²) in [6, 6.07) is 3.69. The predicted octanol–water partition coefficient (Wildman–Crippen LogP) is 2.67. The summed E-state index contributed by atoms with van der Waals surface area (Å²) in [5.74, 6) is -0.834. The van der Waals surface area contributed by atoms with E-state index < -0.39 is 31.6 Å². The van der Waals surface area contributed by atoms with E-state index in [4.69, 9.17) is 0 Å². The van der Waals surface area contributed by atoms with Crippen LogP contribution in [-0.2, 0) is 9.84 Å². The maximum Gasteiger partial charge on any atom is 0.501 e. The van der Waals surface area contributed by atoms with Crippen molar-refractivity contribution in [1.29, 1.82) is 0 Å². The molecule has 0 N–H and O–H groups in total. The first-order valence-electron chi connectivity index (χ1n) is 4.60. The van der Waals surface area contributed by atoms with Crippen LogP contribution in [0.25, 0.3) is 10.9 Å². The number of sulfone groups is 1. The zero-order valence-electron chi connectivity index (χ0n) is 8.57. The average molecular weight is 279 g/mol. The Labute approximate surface area is 99.0 Å². The first kappa shape index (κ1) is 12.7. The molecule has 0 atom stereocenters. The fourth-order valence-corrected chi connectivity index (χ4v) is 2.37. The van der Waals surface area contributed by atoms with Crippen molar-refractivity contribution in [3.05, 3.63) is 36.3 Å². The van der Waals surface area contributed by atoms with Crippen molar-refractivity contribution >= 4 is 20.7 Å². The molecule has 18 heavy (non-hydrogen) atoms. The molecule has 1 aromatic heterocycles. The van der Waals surface area contributed by atoms with Gasteiger partial charge in [0, 0.05) is 11.6 Å². The molecular formula is C10H5F4NO2S. The highest BCUT2D eigenvalue weighted by Crippen LogP contribution is 2.34. The van der Waals surface area contributed by atoms with Crippen molar-refractivity contribution in [2.24, 2.45) is 0 Å². The van der Waals surface area contributed by atoms with Crippen LogP contribution in [0.1, 0.15) is 0 Å². The van der Waals surface area contributed by atoms with Crippen LogP contribution in [-0.4, -0.2) is 18.9 Å². The smallest absolute Gasteiger partial charge is 0.255 e. The number of pyridine rings is 1. The molecule has 0 radical (unpaired) electrons. The molecular weight excluding hydrogens is 274 g/mol. The summed E-state index contributed by atoms with van der Waals surface area (Å²) in [6.45, 7) is 0. The van der Waals surface area contributed by atoms with Gasteiger partial charge in [0.1, 0.15) is 10.7 Å². The van der Waals surface area contributed by atoms with Gasteiger partial charge in [-0.3, -0.25) is 4.98 Å². The fraction of sp³-hybridized carbons (Fsp3) is 0.100. The Morgan fingerprint density at radius 3 is 2.39 bits per heavy atom. The number of hydrogen-bond acceptors (Lipinski definition) is 3. The van der Waals surface area contributed by atoms with Gasteiger partial charge in [-0.1, -0.05) is 0 Å². The zero-order chi connectivity index (χ0) is 13.6. The third-order valence-corrected chi connectivity index (χ3v) is 3.79. The van der Waals surface area contributed by atoms with Crippen LogP contribution < -0.4 is 0 Å². The quantitative estimate of drug-likeness (QED) is 0.595. The maximum atomic E-state index is 13.3. The van der Waals surface area contributed by atoms with Gasteiger partial charge in [-0.25, -0.2) is 12.8 Å². The van der Waals surface area contributed by atoms with Gasteiger partial charge in [0.2, 0.25) is 0 Å². The summed E-state index contributed by atoms with van der Waals surface area (Å²) >= 11 is 0. The molecule has 0 aliphatic heterocycles. The number of halogens is 4. The van der Waals surface area contributed by atoms with E-state index in [2.05, 4.69) is 4.98 Å². The van der Waals surface area contributed by atoms with Crippen LogP contribution in [0.2, 0.25) is 0 Å². The molecule has 0 fully saturated rings. The van der Waals surface area contributed by atoms with Crippen molar-refractivity contribution in [3.63, 3.8) is 0 Å². The minimum atomic E-state index is -5.55. The predicted molar refractivity (Wildman–Crippen MR) is 54.9 cm³/mol. The molecule has 2 aromatic rings. The van der Waals surface area contributed by atoms with Gasteiger partial charge >= 0.3 is 5.51 Å². The molecule has 1 heterocycles. The van der Waals surface area contributed by atoms with E-state index in [1.165, 1.54) is 6.07 Å². The van der Waals surface area contributed by atoms with Gasteiger partial charge in [-0.05, 0) is 24.3 Å². The largest absolute Gasteiger partial charge is 0.501 e. The third-order valence-electron chi connectivity index (χ3n) is 2.27. The van der Waals surface area contributed by atoms with Crippen molar-refractivity contribution in [3.8, 4) is 0 Å². The molecule has 1 aromatic carbocycles. The molecule has 0 amide bonds. The van der Waals surface area contributed by atoms with E-state index in [-0.39, 0.29) is 5.39 Å². The minimum absolute atomic E-state index is 0.275. The molecule has 0 spiro atoms. The van der Waals surface area contributed by atoms with Crippen molar-refractivity contribution in [2.45, 2.75) is 10.4 Å². The standard InChI is InChI=1S/C10H5F4NO2S/c11-7-3-4-8(18(16,17)10(12,13)14)9-6(7)2-1-5-15-9/h1-5H. The van der Waals surface area contributed by atoms with E-state index in [0.717, 1.165) is 12.3 Å². The van der Waals surface area contributed by atoms with E-state index in [1.54, 1.807) is 0 Å². The number of hydrogen-bond donors (Lipinski definition) is 0.